The fourth-order valence-corrected chi connectivity index (χ4v) is 3.86. The van der Waals surface area contributed by atoms with Crippen LogP contribution in [0, 0.1) is 5.92 Å². The predicted octanol–water partition coefficient (Wildman–Crippen LogP) is 1.38. The van der Waals surface area contributed by atoms with Crippen molar-refractivity contribution in [3.8, 4) is 0 Å². The maximum Gasteiger partial charge on any atom is 0.342 e. The Morgan fingerprint density at radius 1 is 1.38 bits per heavy atom. The van der Waals surface area contributed by atoms with Gasteiger partial charge in [0, 0.05) is 18.1 Å². The number of hydrogen-bond acceptors (Lipinski definition) is 7. The van der Waals surface area contributed by atoms with E-state index in [9.17, 15) is 14.4 Å². The zero-order chi connectivity index (χ0) is 18.9. The molecule has 0 aromatic heterocycles. The maximum absolute atomic E-state index is 12.5. The third kappa shape index (κ3) is 2.34. The molecule has 0 amide bonds. The number of esters is 2. The first-order valence-electron chi connectivity index (χ1n) is 8.52. The summed E-state index contributed by atoms with van der Waals surface area (Å²) in [5.41, 5.74) is -1.39. The summed E-state index contributed by atoms with van der Waals surface area (Å²) in [4.78, 5) is 37.1. The Morgan fingerprint density at radius 3 is 2.69 bits per heavy atom. The van der Waals surface area contributed by atoms with Crippen molar-refractivity contribution in [1.29, 1.82) is 0 Å². The van der Waals surface area contributed by atoms with E-state index in [2.05, 4.69) is 6.58 Å². The van der Waals surface area contributed by atoms with Gasteiger partial charge in [-0.3, -0.25) is 4.79 Å². The van der Waals surface area contributed by atoms with Crippen molar-refractivity contribution in [3.63, 3.8) is 0 Å². The van der Waals surface area contributed by atoms with E-state index in [-0.39, 0.29) is 24.4 Å². The number of carbonyl (C=O) groups excluding carboxylic acids is 3. The van der Waals surface area contributed by atoms with E-state index >= 15 is 0 Å². The lowest BCUT2D eigenvalue weighted by atomic mass is 9.79. The standard InChI is InChI=1S/C19H20O7/c1-9(2)16(21)24-13-7-18(4)14(20)6-11(26-18)10(3)5-12-15(13)19(8-23-19)17(22)25-12/h5-6,12-13,15H,1,7-8H2,2-4H3. The van der Waals surface area contributed by atoms with E-state index in [4.69, 9.17) is 18.9 Å². The molecule has 0 saturated carbocycles. The van der Waals surface area contributed by atoms with Crippen LogP contribution in [0.4, 0.5) is 0 Å². The SMILES string of the molecule is C=C(C)C(=O)OC1CC2(C)OC(=CC2=O)C(C)=CC2OC(=O)C3(CO3)C21. The highest BCUT2D eigenvalue weighted by Crippen LogP contribution is 2.51. The first-order valence-corrected chi connectivity index (χ1v) is 8.52. The van der Waals surface area contributed by atoms with Gasteiger partial charge in [-0.05, 0) is 32.4 Å². The van der Waals surface area contributed by atoms with Gasteiger partial charge in [0.2, 0.25) is 5.78 Å². The van der Waals surface area contributed by atoms with E-state index in [0.717, 1.165) is 0 Å². The smallest absolute Gasteiger partial charge is 0.342 e. The van der Waals surface area contributed by atoms with Crippen molar-refractivity contribution in [2.24, 2.45) is 5.92 Å². The number of carbonyl (C=O) groups is 3. The van der Waals surface area contributed by atoms with Gasteiger partial charge in [-0.25, -0.2) is 9.59 Å². The summed E-state index contributed by atoms with van der Waals surface area (Å²) in [5, 5.41) is 0. The zero-order valence-electron chi connectivity index (χ0n) is 14.9. The Hall–Kier alpha value is -2.41. The molecule has 0 aromatic rings. The van der Waals surface area contributed by atoms with E-state index in [1.54, 1.807) is 19.9 Å². The van der Waals surface area contributed by atoms with E-state index in [1.807, 2.05) is 0 Å². The Bertz CT molecular complexity index is 801. The topological polar surface area (TPSA) is 91.4 Å². The van der Waals surface area contributed by atoms with Crippen molar-refractivity contribution < 1.29 is 33.3 Å². The number of hydrogen-bond donors (Lipinski definition) is 0. The minimum absolute atomic E-state index is 0.0922. The zero-order valence-corrected chi connectivity index (χ0v) is 14.9. The van der Waals surface area contributed by atoms with Crippen molar-refractivity contribution in [3.05, 3.63) is 35.6 Å². The van der Waals surface area contributed by atoms with E-state index in [1.165, 1.54) is 13.0 Å². The van der Waals surface area contributed by atoms with Crippen molar-refractivity contribution >= 4 is 17.7 Å². The average Bonchev–Trinajstić information content (AvgIpc) is 3.21. The van der Waals surface area contributed by atoms with E-state index < -0.39 is 41.3 Å². The van der Waals surface area contributed by atoms with Crippen LogP contribution in [0.15, 0.2) is 35.6 Å². The minimum atomic E-state index is -1.18. The van der Waals surface area contributed by atoms with Crippen LogP contribution in [0.2, 0.25) is 0 Å². The molecule has 4 aliphatic heterocycles. The van der Waals surface area contributed by atoms with Crippen LogP contribution in [0.25, 0.3) is 0 Å². The number of ether oxygens (including phenoxy) is 4. The molecule has 2 saturated heterocycles. The first kappa shape index (κ1) is 17.0. The van der Waals surface area contributed by atoms with Crippen LogP contribution >= 0.6 is 0 Å². The Kier molecular flexibility index (Phi) is 3.47. The molecule has 0 aromatic carbocycles. The van der Waals surface area contributed by atoms with Gasteiger partial charge in [0.25, 0.3) is 0 Å². The monoisotopic (exact) mass is 360 g/mol. The molecule has 5 unspecified atom stereocenters. The molecular formula is C19H20O7. The average molecular weight is 360 g/mol. The molecule has 7 heteroatoms. The van der Waals surface area contributed by atoms with Gasteiger partial charge in [0.05, 0.1) is 12.5 Å². The van der Waals surface area contributed by atoms with Crippen molar-refractivity contribution in [2.45, 2.75) is 50.6 Å². The molecule has 2 bridgehead atoms. The molecule has 7 nitrogen and oxygen atoms in total. The van der Waals surface area contributed by atoms with Gasteiger partial charge in [-0.15, -0.1) is 0 Å². The fourth-order valence-electron chi connectivity index (χ4n) is 3.86. The summed E-state index contributed by atoms with van der Waals surface area (Å²) in [6.45, 7) is 8.79. The van der Waals surface area contributed by atoms with Crippen LogP contribution < -0.4 is 0 Å². The predicted molar refractivity (Wildman–Crippen MR) is 87.7 cm³/mol. The van der Waals surface area contributed by atoms with Gasteiger partial charge in [-0.1, -0.05) is 6.58 Å². The molecule has 4 rings (SSSR count). The molecule has 0 N–H and O–H groups in total. The Balaban J connectivity index is 1.80. The molecule has 4 aliphatic rings. The second kappa shape index (κ2) is 5.30. The molecule has 26 heavy (non-hydrogen) atoms. The summed E-state index contributed by atoms with van der Waals surface area (Å²) < 4.78 is 22.5. The summed E-state index contributed by atoms with van der Waals surface area (Å²) >= 11 is 0. The molecule has 0 radical (unpaired) electrons. The van der Waals surface area contributed by atoms with Gasteiger partial charge in [-0.2, -0.15) is 0 Å². The lowest BCUT2D eigenvalue weighted by Gasteiger charge is -2.32. The number of fused-ring (bicyclic) bond motifs is 4. The summed E-state index contributed by atoms with van der Waals surface area (Å²) in [7, 11) is 0. The first-order chi connectivity index (χ1) is 12.2. The highest BCUT2D eigenvalue weighted by atomic mass is 16.7. The van der Waals surface area contributed by atoms with Crippen LogP contribution in [0.3, 0.4) is 0 Å². The number of allylic oxidation sites excluding steroid dienone is 1. The largest absolute Gasteiger partial charge is 0.479 e. The highest BCUT2D eigenvalue weighted by Gasteiger charge is 2.70. The van der Waals surface area contributed by atoms with Crippen LogP contribution in [0.5, 0.6) is 0 Å². The highest BCUT2D eigenvalue weighted by molar-refractivity contribution is 6.00. The molecule has 138 valence electrons. The van der Waals surface area contributed by atoms with Gasteiger partial charge in [0.1, 0.15) is 18.0 Å². The van der Waals surface area contributed by atoms with Gasteiger partial charge < -0.3 is 18.9 Å². The molecule has 0 aliphatic carbocycles. The quantitative estimate of drug-likeness (QED) is 0.417. The van der Waals surface area contributed by atoms with Crippen LogP contribution in [-0.2, 0) is 33.3 Å². The third-order valence-corrected chi connectivity index (χ3v) is 5.46. The maximum atomic E-state index is 12.5. The normalized spacial score (nSPS) is 40.3. The van der Waals surface area contributed by atoms with Crippen LogP contribution in [0.1, 0.15) is 27.2 Å². The van der Waals surface area contributed by atoms with Gasteiger partial charge in [0.15, 0.2) is 11.2 Å². The van der Waals surface area contributed by atoms with E-state index in [0.29, 0.717) is 11.3 Å². The van der Waals surface area contributed by atoms with Crippen molar-refractivity contribution in [2.75, 3.05) is 6.61 Å². The number of epoxide rings is 1. The summed E-state index contributed by atoms with van der Waals surface area (Å²) in [6, 6.07) is 0. The summed E-state index contributed by atoms with van der Waals surface area (Å²) in [5.74, 6) is -1.37. The lowest BCUT2D eigenvalue weighted by molar-refractivity contribution is -0.155. The molecule has 2 fully saturated rings. The Morgan fingerprint density at radius 2 is 2.08 bits per heavy atom. The van der Waals surface area contributed by atoms with Crippen molar-refractivity contribution in [1.82, 2.24) is 0 Å². The van der Waals surface area contributed by atoms with Crippen LogP contribution in [-0.4, -0.2) is 47.7 Å². The Labute approximate surface area is 150 Å². The van der Waals surface area contributed by atoms with Gasteiger partial charge >= 0.3 is 11.9 Å². The minimum Gasteiger partial charge on any atom is -0.479 e. The fraction of sp³-hybridized carbons (Fsp3) is 0.526. The number of rotatable bonds is 2. The second-order valence-corrected chi connectivity index (χ2v) is 7.56. The third-order valence-electron chi connectivity index (χ3n) is 5.46. The molecule has 5 atom stereocenters. The second-order valence-electron chi connectivity index (χ2n) is 7.56. The molecule has 1 spiro atoms. The summed E-state index contributed by atoms with van der Waals surface area (Å²) in [6.07, 6.45) is 1.83. The lowest BCUT2D eigenvalue weighted by Crippen LogP contribution is -2.46. The molecular weight excluding hydrogens is 340 g/mol. The number of ketones is 1. The molecule has 4 heterocycles.